The summed E-state index contributed by atoms with van der Waals surface area (Å²) in [5, 5.41) is 4.63. The van der Waals surface area contributed by atoms with E-state index in [2.05, 4.69) is 73.8 Å². The summed E-state index contributed by atoms with van der Waals surface area (Å²) in [6, 6.07) is 6.83. The Morgan fingerprint density at radius 1 is 1.03 bits per heavy atom. The normalized spacial score (nSPS) is 14.0. The predicted octanol–water partition coefficient (Wildman–Crippen LogP) is 5.00. The number of nitrogens with zero attached hydrogens (tertiary/aromatic N) is 3. The minimum absolute atomic E-state index is 0.847. The van der Waals surface area contributed by atoms with E-state index in [9.17, 15) is 0 Å². The molecule has 0 aliphatic heterocycles. The number of aromatic nitrogens is 2. The molecule has 4 nitrogen and oxygen atoms in total. The van der Waals surface area contributed by atoms with Gasteiger partial charge in [0, 0.05) is 42.6 Å². The zero-order valence-electron chi connectivity index (χ0n) is 18.8. The Morgan fingerprint density at radius 3 is 2.34 bits per heavy atom. The van der Waals surface area contributed by atoms with Crippen molar-refractivity contribution in [2.75, 3.05) is 31.6 Å². The number of hydrogen-bond donors (Lipinski definition) is 1. The van der Waals surface area contributed by atoms with Crippen LogP contribution in [0.1, 0.15) is 40.8 Å². The summed E-state index contributed by atoms with van der Waals surface area (Å²) >= 11 is 0. The Labute approximate surface area is 174 Å². The third kappa shape index (κ3) is 3.91. The highest BCUT2D eigenvalue weighted by Crippen LogP contribution is 2.37. The first kappa shape index (κ1) is 20.0. The van der Waals surface area contributed by atoms with Crippen molar-refractivity contribution in [2.24, 2.45) is 5.92 Å². The average molecular weight is 391 g/mol. The zero-order chi connectivity index (χ0) is 20.7. The molecule has 154 valence electrons. The lowest BCUT2D eigenvalue weighted by atomic mass is 10.1. The van der Waals surface area contributed by atoms with Crippen LogP contribution in [0.25, 0.3) is 16.7 Å². The molecule has 1 aliphatic rings. The van der Waals surface area contributed by atoms with Gasteiger partial charge in [-0.2, -0.15) is 0 Å². The van der Waals surface area contributed by atoms with Crippen molar-refractivity contribution in [3.63, 3.8) is 0 Å². The summed E-state index contributed by atoms with van der Waals surface area (Å²) in [6.07, 6.45) is 5.01. The predicted molar refractivity (Wildman–Crippen MR) is 124 cm³/mol. The second-order valence-corrected chi connectivity index (χ2v) is 8.90. The molecule has 0 bridgehead atoms. The number of hydrogen-bond acceptors (Lipinski definition) is 3. The molecular weight excluding hydrogens is 356 g/mol. The van der Waals surface area contributed by atoms with Gasteiger partial charge < -0.3 is 14.8 Å². The molecule has 0 radical (unpaired) electrons. The van der Waals surface area contributed by atoms with E-state index in [1.54, 1.807) is 0 Å². The van der Waals surface area contributed by atoms with E-state index in [0.29, 0.717) is 0 Å². The van der Waals surface area contributed by atoms with Gasteiger partial charge >= 0.3 is 0 Å². The van der Waals surface area contributed by atoms with Gasteiger partial charge in [0.2, 0.25) is 0 Å². The van der Waals surface area contributed by atoms with E-state index in [1.165, 1.54) is 51.9 Å². The zero-order valence-corrected chi connectivity index (χ0v) is 18.8. The number of fused-ring (bicyclic) bond motifs is 1. The maximum absolute atomic E-state index is 5.02. The number of nitrogens with one attached hydrogen (secondary N) is 1. The van der Waals surface area contributed by atoms with Crippen LogP contribution in [0.4, 0.5) is 5.69 Å². The van der Waals surface area contributed by atoms with Gasteiger partial charge in [-0.05, 0) is 83.2 Å². The van der Waals surface area contributed by atoms with Gasteiger partial charge in [-0.25, -0.2) is 4.98 Å². The molecule has 4 rings (SSSR count). The van der Waals surface area contributed by atoms with Crippen LogP contribution in [0, 0.1) is 40.5 Å². The van der Waals surface area contributed by atoms with Crippen LogP contribution < -0.4 is 10.2 Å². The van der Waals surface area contributed by atoms with Gasteiger partial charge in [0.05, 0.1) is 5.69 Å². The van der Waals surface area contributed by atoms with Gasteiger partial charge in [-0.1, -0.05) is 17.7 Å². The molecule has 1 saturated carbocycles. The molecule has 0 spiro atoms. The standard InChI is InChI=1S/C25H34N4/c1-16-11-17(2)24(18(3)12-16)29-14-19(4)23-22(13-20(5)27-25(23)29)28(10-9-26-6)15-21-7-8-21/h11-14,21,26H,7-10,15H2,1-6H3. The molecular formula is C25H34N4. The molecule has 0 unspecified atom stereocenters. The van der Waals surface area contributed by atoms with Gasteiger partial charge in [0.1, 0.15) is 5.65 Å². The van der Waals surface area contributed by atoms with Crippen LogP contribution in [0.2, 0.25) is 0 Å². The Morgan fingerprint density at radius 2 is 1.72 bits per heavy atom. The summed E-state index contributed by atoms with van der Waals surface area (Å²) < 4.78 is 2.32. The highest BCUT2D eigenvalue weighted by molar-refractivity contribution is 5.95. The van der Waals surface area contributed by atoms with Crippen LogP contribution in [0.5, 0.6) is 0 Å². The van der Waals surface area contributed by atoms with Crippen molar-refractivity contribution in [2.45, 2.75) is 47.5 Å². The van der Waals surface area contributed by atoms with E-state index in [-0.39, 0.29) is 0 Å². The third-order valence-corrected chi connectivity index (χ3v) is 6.08. The van der Waals surface area contributed by atoms with Crippen LogP contribution in [-0.2, 0) is 0 Å². The fraction of sp³-hybridized carbons (Fsp3) is 0.480. The molecule has 1 aromatic carbocycles. The number of benzene rings is 1. The van der Waals surface area contributed by atoms with Crippen molar-refractivity contribution >= 4 is 16.7 Å². The van der Waals surface area contributed by atoms with E-state index >= 15 is 0 Å². The largest absolute Gasteiger partial charge is 0.369 e. The van der Waals surface area contributed by atoms with E-state index in [4.69, 9.17) is 4.98 Å². The minimum Gasteiger partial charge on any atom is -0.369 e. The van der Waals surface area contributed by atoms with Crippen LogP contribution in [0.15, 0.2) is 24.4 Å². The van der Waals surface area contributed by atoms with E-state index in [1.807, 2.05) is 7.05 Å². The molecule has 1 N–H and O–H groups in total. The monoisotopic (exact) mass is 390 g/mol. The number of pyridine rings is 1. The van der Waals surface area contributed by atoms with Gasteiger partial charge in [-0.15, -0.1) is 0 Å². The first-order chi connectivity index (χ1) is 13.9. The Kier molecular flexibility index (Phi) is 5.39. The molecule has 29 heavy (non-hydrogen) atoms. The van der Waals surface area contributed by atoms with Crippen LogP contribution >= 0.6 is 0 Å². The molecule has 3 aromatic rings. The highest BCUT2D eigenvalue weighted by Gasteiger charge is 2.26. The average Bonchev–Trinajstić information content (AvgIpc) is 3.41. The van der Waals surface area contributed by atoms with Crippen LogP contribution in [0.3, 0.4) is 0 Å². The number of anilines is 1. The molecule has 0 atom stereocenters. The second-order valence-electron chi connectivity index (χ2n) is 8.90. The van der Waals surface area contributed by atoms with Crippen LogP contribution in [-0.4, -0.2) is 36.2 Å². The molecule has 2 heterocycles. The Hall–Kier alpha value is -2.33. The molecule has 0 amide bonds. The summed E-state index contributed by atoms with van der Waals surface area (Å²) in [5.41, 5.74) is 9.98. The Balaban J connectivity index is 1.90. The highest BCUT2D eigenvalue weighted by atomic mass is 15.2. The van der Waals surface area contributed by atoms with Crippen molar-refractivity contribution in [1.29, 1.82) is 0 Å². The quantitative estimate of drug-likeness (QED) is 0.616. The molecule has 2 aromatic heterocycles. The smallest absolute Gasteiger partial charge is 0.147 e. The van der Waals surface area contributed by atoms with Gasteiger partial charge in [0.25, 0.3) is 0 Å². The van der Waals surface area contributed by atoms with Crippen molar-refractivity contribution in [1.82, 2.24) is 14.9 Å². The van der Waals surface area contributed by atoms with E-state index in [0.717, 1.165) is 36.9 Å². The SMILES string of the molecule is CNCCN(CC1CC1)c1cc(C)nc2c1c(C)cn2-c1c(C)cc(C)cc1C. The first-order valence-electron chi connectivity index (χ1n) is 10.9. The fourth-order valence-corrected chi connectivity index (χ4v) is 4.65. The van der Waals surface area contributed by atoms with Crippen molar-refractivity contribution < 1.29 is 0 Å². The maximum Gasteiger partial charge on any atom is 0.147 e. The first-order valence-corrected chi connectivity index (χ1v) is 10.9. The molecule has 4 heteroatoms. The molecule has 1 aliphatic carbocycles. The third-order valence-electron chi connectivity index (χ3n) is 6.08. The lowest BCUT2D eigenvalue weighted by molar-refractivity contribution is 0.686. The lowest BCUT2D eigenvalue weighted by Crippen LogP contribution is -2.32. The minimum atomic E-state index is 0.847. The summed E-state index contributed by atoms with van der Waals surface area (Å²) in [4.78, 5) is 7.60. The Bertz CT molecular complexity index is 1020. The van der Waals surface area contributed by atoms with E-state index < -0.39 is 0 Å². The van der Waals surface area contributed by atoms with Crippen molar-refractivity contribution in [3.05, 3.63) is 52.3 Å². The summed E-state index contributed by atoms with van der Waals surface area (Å²) in [7, 11) is 2.04. The van der Waals surface area contributed by atoms with Crippen molar-refractivity contribution in [3.8, 4) is 5.69 Å². The van der Waals surface area contributed by atoms with Gasteiger partial charge in [0.15, 0.2) is 0 Å². The molecule has 1 fully saturated rings. The topological polar surface area (TPSA) is 33.1 Å². The maximum atomic E-state index is 5.02. The fourth-order valence-electron chi connectivity index (χ4n) is 4.65. The summed E-state index contributed by atoms with van der Waals surface area (Å²) in [5.74, 6) is 0.847. The second kappa shape index (κ2) is 7.83. The number of rotatable bonds is 7. The van der Waals surface area contributed by atoms with Gasteiger partial charge in [-0.3, -0.25) is 0 Å². The lowest BCUT2D eigenvalue weighted by Gasteiger charge is -2.26. The number of likely N-dealkylation sites (N-methyl/N-ethyl adjacent to an activating group) is 1. The summed E-state index contributed by atoms with van der Waals surface area (Å²) in [6.45, 7) is 14.1. The number of aryl methyl sites for hydroxylation is 5. The molecule has 0 saturated heterocycles.